The van der Waals surface area contributed by atoms with Gasteiger partial charge in [-0.25, -0.2) is 9.18 Å². The predicted octanol–water partition coefficient (Wildman–Crippen LogP) is 5.05. The van der Waals surface area contributed by atoms with E-state index in [0.29, 0.717) is 22.2 Å². The average molecular weight is 379 g/mol. The monoisotopic (exact) mass is 378 g/mol. The number of carbonyl (C=O) groups is 1. The van der Waals surface area contributed by atoms with E-state index in [2.05, 4.69) is 15.9 Å². The Hall–Kier alpha value is -2.14. The van der Waals surface area contributed by atoms with Gasteiger partial charge in [0, 0.05) is 11.6 Å². The first kappa shape index (κ1) is 17.2. The second kappa shape index (κ2) is 7.92. The third-order valence-electron chi connectivity index (χ3n) is 3.32. The van der Waals surface area contributed by atoms with Crippen molar-refractivity contribution in [2.75, 3.05) is 0 Å². The lowest BCUT2D eigenvalue weighted by atomic mass is 10.0. The highest BCUT2D eigenvalue weighted by Crippen LogP contribution is 2.27. The summed E-state index contributed by atoms with van der Waals surface area (Å²) in [5.74, 6) is -0.913. The van der Waals surface area contributed by atoms with E-state index < -0.39 is 5.97 Å². The van der Waals surface area contributed by atoms with Gasteiger partial charge >= 0.3 is 5.97 Å². The Morgan fingerprint density at radius 1 is 1.30 bits per heavy atom. The molecule has 0 aliphatic heterocycles. The molecule has 23 heavy (non-hydrogen) atoms. The molecule has 2 rings (SSSR count). The van der Waals surface area contributed by atoms with E-state index in [0.717, 1.165) is 11.1 Å². The maximum Gasteiger partial charge on any atom is 0.331 e. The quantitative estimate of drug-likeness (QED) is 0.715. The fourth-order valence-corrected chi connectivity index (χ4v) is 2.41. The molecule has 2 aromatic carbocycles. The van der Waals surface area contributed by atoms with Gasteiger partial charge in [0.2, 0.25) is 0 Å². The Labute approximate surface area is 142 Å². The maximum absolute atomic E-state index is 13.3. The second-order valence-corrected chi connectivity index (χ2v) is 5.74. The highest BCUT2D eigenvalue weighted by atomic mass is 79.9. The first-order chi connectivity index (χ1) is 11.0. The number of hydrogen-bond donors (Lipinski definition) is 1. The van der Waals surface area contributed by atoms with Crippen molar-refractivity contribution in [3.8, 4) is 5.75 Å². The van der Waals surface area contributed by atoms with Crippen LogP contribution >= 0.6 is 15.9 Å². The maximum atomic E-state index is 13.3. The van der Waals surface area contributed by atoms with E-state index in [4.69, 9.17) is 9.84 Å². The minimum atomic E-state index is -0.934. The van der Waals surface area contributed by atoms with Crippen LogP contribution in [-0.4, -0.2) is 11.1 Å². The van der Waals surface area contributed by atoms with Gasteiger partial charge in [0.25, 0.3) is 0 Å². The molecule has 0 amide bonds. The molecule has 0 saturated heterocycles. The summed E-state index contributed by atoms with van der Waals surface area (Å²) in [5.41, 5.74) is 1.93. The van der Waals surface area contributed by atoms with Crippen molar-refractivity contribution >= 4 is 28.0 Å². The first-order valence-electron chi connectivity index (χ1n) is 7.11. The second-order valence-electron chi connectivity index (χ2n) is 4.89. The van der Waals surface area contributed by atoms with Crippen LogP contribution in [0, 0.1) is 5.82 Å². The Kier molecular flexibility index (Phi) is 5.93. The number of ether oxygens (including phenoxy) is 1. The zero-order chi connectivity index (χ0) is 16.8. The lowest BCUT2D eigenvalue weighted by Crippen LogP contribution is -2.02. The van der Waals surface area contributed by atoms with E-state index in [9.17, 15) is 9.18 Å². The molecule has 5 heteroatoms. The van der Waals surface area contributed by atoms with Crippen molar-refractivity contribution < 1.29 is 19.0 Å². The zero-order valence-electron chi connectivity index (χ0n) is 12.6. The van der Waals surface area contributed by atoms with Crippen molar-refractivity contribution in [1.82, 2.24) is 0 Å². The van der Waals surface area contributed by atoms with Gasteiger partial charge in [0.15, 0.2) is 0 Å². The number of hydrogen-bond acceptors (Lipinski definition) is 2. The summed E-state index contributed by atoms with van der Waals surface area (Å²) >= 11 is 3.31. The Morgan fingerprint density at radius 3 is 2.74 bits per heavy atom. The van der Waals surface area contributed by atoms with E-state index in [1.54, 1.807) is 19.1 Å². The fraction of sp³-hybridized carbons (Fsp3) is 0.167. The Bertz CT molecular complexity index is 741. The molecule has 0 heterocycles. The van der Waals surface area contributed by atoms with Crippen LogP contribution in [0.1, 0.15) is 24.5 Å². The normalized spacial score (nSPS) is 11.3. The molecule has 0 fully saturated rings. The van der Waals surface area contributed by atoms with Crippen LogP contribution in [0.15, 0.2) is 52.5 Å². The molecule has 3 nitrogen and oxygen atoms in total. The van der Waals surface area contributed by atoms with E-state index in [1.165, 1.54) is 12.1 Å². The molecule has 0 unspecified atom stereocenters. The van der Waals surface area contributed by atoms with Gasteiger partial charge in [0.1, 0.15) is 18.2 Å². The Balaban J connectivity index is 2.24. The third kappa shape index (κ3) is 4.66. The van der Waals surface area contributed by atoms with Crippen molar-refractivity contribution in [3.63, 3.8) is 0 Å². The van der Waals surface area contributed by atoms with Crippen LogP contribution in [0.5, 0.6) is 5.75 Å². The molecule has 0 radical (unpaired) electrons. The van der Waals surface area contributed by atoms with E-state index in [1.807, 2.05) is 24.3 Å². The summed E-state index contributed by atoms with van der Waals surface area (Å²) in [7, 11) is 0. The molecule has 0 bridgehead atoms. The van der Waals surface area contributed by atoms with Crippen LogP contribution in [0.2, 0.25) is 0 Å². The summed E-state index contributed by atoms with van der Waals surface area (Å²) in [6.07, 6.45) is 2.07. The van der Waals surface area contributed by atoms with Gasteiger partial charge in [0.05, 0.1) is 4.47 Å². The minimum Gasteiger partial charge on any atom is -0.488 e. The topological polar surface area (TPSA) is 46.5 Å². The standard InChI is InChI=1S/C18H16BrFO3/c1-2-12(18(21)22)9-13-5-3-4-6-14(13)11-23-17-10-15(20)7-8-16(17)19/h3-10H,2,11H2,1H3,(H,21,22). The molecule has 0 spiro atoms. The predicted molar refractivity (Wildman–Crippen MR) is 90.8 cm³/mol. The number of carboxylic acids is 1. The molecule has 0 aliphatic carbocycles. The summed E-state index contributed by atoms with van der Waals surface area (Å²) in [6.45, 7) is 2.01. The van der Waals surface area contributed by atoms with Crippen molar-refractivity contribution in [2.24, 2.45) is 0 Å². The number of halogens is 2. The first-order valence-corrected chi connectivity index (χ1v) is 7.90. The number of aliphatic carboxylic acids is 1. The zero-order valence-corrected chi connectivity index (χ0v) is 14.1. The average Bonchev–Trinajstić information content (AvgIpc) is 2.54. The number of benzene rings is 2. The van der Waals surface area contributed by atoms with Gasteiger partial charge in [-0.1, -0.05) is 31.2 Å². The molecule has 2 aromatic rings. The molecular weight excluding hydrogens is 363 g/mol. The molecule has 0 aliphatic rings. The third-order valence-corrected chi connectivity index (χ3v) is 3.97. The summed E-state index contributed by atoms with van der Waals surface area (Å²) in [4.78, 5) is 11.2. The molecule has 0 saturated carbocycles. The van der Waals surface area contributed by atoms with Crippen LogP contribution < -0.4 is 4.74 Å². The van der Waals surface area contributed by atoms with E-state index >= 15 is 0 Å². The highest BCUT2D eigenvalue weighted by Gasteiger charge is 2.08. The van der Waals surface area contributed by atoms with Crippen LogP contribution in [-0.2, 0) is 11.4 Å². The van der Waals surface area contributed by atoms with Gasteiger partial charge in [-0.05, 0) is 51.7 Å². The lowest BCUT2D eigenvalue weighted by molar-refractivity contribution is -0.132. The molecule has 1 N–H and O–H groups in total. The Morgan fingerprint density at radius 2 is 2.04 bits per heavy atom. The summed E-state index contributed by atoms with van der Waals surface area (Å²) in [5, 5.41) is 9.15. The fourth-order valence-electron chi connectivity index (χ4n) is 2.05. The molecule has 0 aromatic heterocycles. The van der Waals surface area contributed by atoms with Crippen molar-refractivity contribution in [1.29, 1.82) is 0 Å². The van der Waals surface area contributed by atoms with Gasteiger partial charge in [-0.3, -0.25) is 0 Å². The van der Waals surface area contributed by atoms with E-state index in [-0.39, 0.29) is 12.4 Å². The number of rotatable bonds is 6. The lowest BCUT2D eigenvalue weighted by Gasteiger charge is -2.11. The van der Waals surface area contributed by atoms with Crippen LogP contribution in [0.25, 0.3) is 6.08 Å². The minimum absolute atomic E-state index is 0.214. The molecular formula is C18H16BrFO3. The van der Waals surface area contributed by atoms with Crippen molar-refractivity contribution in [3.05, 3.63) is 69.5 Å². The SMILES string of the molecule is CCC(=Cc1ccccc1COc1cc(F)ccc1Br)C(=O)O. The van der Waals surface area contributed by atoms with Crippen molar-refractivity contribution in [2.45, 2.75) is 20.0 Å². The largest absolute Gasteiger partial charge is 0.488 e. The smallest absolute Gasteiger partial charge is 0.331 e. The molecule has 120 valence electrons. The summed E-state index contributed by atoms with van der Waals surface area (Å²) in [6, 6.07) is 11.6. The highest BCUT2D eigenvalue weighted by molar-refractivity contribution is 9.10. The van der Waals surface area contributed by atoms with Crippen LogP contribution in [0.3, 0.4) is 0 Å². The van der Waals surface area contributed by atoms with Gasteiger partial charge in [-0.15, -0.1) is 0 Å². The van der Waals surface area contributed by atoms with Crippen LogP contribution in [0.4, 0.5) is 4.39 Å². The number of carboxylic acid groups (broad SMARTS) is 1. The van der Waals surface area contributed by atoms with Gasteiger partial charge in [-0.2, -0.15) is 0 Å². The van der Waals surface area contributed by atoms with Gasteiger partial charge < -0.3 is 9.84 Å². The molecule has 0 atom stereocenters. The summed E-state index contributed by atoms with van der Waals surface area (Å²) < 4.78 is 19.6.